The monoisotopic (exact) mass is 384 g/mol. The Labute approximate surface area is 159 Å². The van der Waals surface area contributed by atoms with E-state index in [9.17, 15) is 9.18 Å². The number of anilines is 1. The summed E-state index contributed by atoms with van der Waals surface area (Å²) in [6.07, 6.45) is 0.932. The minimum absolute atomic E-state index is 0.105. The van der Waals surface area contributed by atoms with Gasteiger partial charge in [0.15, 0.2) is 16.6 Å². The summed E-state index contributed by atoms with van der Waals surface area (Å²) in [5.74, 6) is 1.05. The van der Waals surface area contributed by atoms with Crippen molar-refractivity contribution in [2.75, 3.05) is 12.1 Å². The summed E-state index contributed by atoms with van der Waals surface area (Å²) >= 11 is 1.41. The molecule has 3 aromatic rings. The molecule has 1 aliphatic rings. The topological polar surface area (TPSA) is 60.5 Å². The van der Waals surface area contributed by atoms with Crippen molar-refractivity contribution in [3.63, 3.8) is 0 Å². The van der Waals surface area contributed by atoms with Crippen molar-refractivity contribution in [1.29, 1.82) is 0 Å². The third-order valence-corrected chi connectivity index (χ3v) is 5.12. The molecule has 1 aromatic heterocycles. The van der Waals surface area contributed by atoms with Crippen LogP contribution in [0.1, 0.15) is 16.9 Å². The predicted octanol–water partition coefficient (Wildman–Crippen LogP) is 4.56. The van der Waals surface area contributed by atoms with Gasteiger partial charge in [0, 0.05) is 16.9 Å². The lowest BCUT2D eigenvalue weighted by Crippen LogP contribution is -2.12. The van der Waals surface area contributed by atoms with Gasteiger partial charge in [-0.05, 0) is 55.3 Å². The molecular formula is C20H17FN2O3S. The normalized spacial score (nSPS) is 12.2. The molecule has 1 aliphatic heterocycles. The summed E-state index contributed by atoms with van der Waals surface area (Å²) in [5.41, 5.74) is 2.59. The molecule has 7 heteroatoms. The lowest BCUT2D eigenvalue weighted by atomic mass is 10.1. The fourth-order valence-electron chi connectivity index (χ4n) is 2.86. The molecule has 0 aliphatic carbocycles. The number of aryl methyl sites for hydroxylation is 2. The third kappa shape index (κ3) is 3.93. The van der Waals surface area contributed by atoms with Gasteiger partial charge in [-0.1, -0.05) is 6.07 Å². The molecule has 5 nitrogen and oxygen atoms in total. The van der Waals surface area contributed by atoms with Crippen LogP contribution in [0.25, 0.3) is 11.3 Å². The van der Waals surface area contributed by atoms with Crippen LogP contribution in [0.2, 0.25) is 0 Å². The van der Waals surface area contributed by atoms with Crippen molar-refractivity contribution in [2.45, 2.75) is 19.8 Å². The number of fused-ring (bicyclic) bond motifs is 1. The zero-order valence-corrected chi connectivity index (χ0v) is 15.4. The first-order chi connectivity index (χ1) is 13.1. The first-order valence-electron chi connectivity index (χ1n) is 8.50. The van der Waals surface area contributed by atoms with E-state index in [0.717, 1.165) is 27.4 Å². The van der Waals surface area contributed by atoms with Gasteiger partial charge in [-0.15, -0.1) is 11.3 Å². The summed E-state index contributed by atoms with van der Waals surface area (Å²) in [6.45, 7) is 2.16. The van der Waals surface area contributed by atoms with E-state index in [1.54, 1.807) is 12.1 Å². The maximum absolute atomic E-state index is 13.1. The molecule has 0 unspecified atom stereocenters. The largest absolute Gasteiger partial charge is 0.454 e. The Morgan fingerprint density at radius 2 is 1.96 bits per heavy atom. The van der Waals surface area contributed by atoms with Crippen molar-refractivity contribution in [3.05, 3.63) is 58.7 Å². The molecule has 1 N–H and O–H groups in total. The van der Waals surface area contributed by atoms with Gasteiger partial charge in [0.2, 0.25) is 12.7 Å². The number of halogens is 1. The van der Waals surface area contributed by atoms with Gasteiger partial charge >= 0.3 is 0 Å². The highest BCUT2D eigenvalue weighted by atomic mass is 32.1. The number of rotatable bonds is 5. The molecule has 1 amide bonds. The molecule has 4 rings (SSSR count). The van der Waals surface area contributed by atoms with Gasteiger partial charge in [-0.25, -0.2) is 9.37 Å². The number of hydrogen-bond acceptors (Lipinski definition) is 5. The average Bonchev–Trinajstić information content (AvgIpc) is 3.26. The summed E-state index contributed by atoms with van der Waals surface area (Å²) in [4.78, 5) is 17.7. The molecule has 0 atom stereocenters. The number of ether oxygens (including phenoxy) is 2. The number of nitrogens with one attached hydrogen (secondary N) is 1. The Kier molecular flexibility index (Phi) is 4.77. The van der Waals surface area contributed by atoms with E-state index < -0.39 is 0 Å². The number of benzene rings is 2. The predicted molar refractivity (Wildman–Crippen MR) is 102 cm³/mol. The van der Waals surface area contributed by atoms with Crippen LogP contribution in [0.4, 0.5) is 9.52 Å². The SMILES string of the molecule is Cc1sc(NC(=O)CCc2ccc3c(c2)OCO3)nc1-c1ccc(F)cc1. The second kappa shape index (κ2) is 7.36. The molecule has 0 spiro atoms. The Balaban J connectivity index is 1.38. The van der Waals surface area contributed by atoms with Crippen LogP contribution in [0.5, 0.6) is 11.5 Å². The van der Waals surface area contributed by atoms with E-state index in [1.165, 1.54) is 23.5 Å². The van der Waals surface area contributed by atoms with Gasteiger partial charge in [0.25, 0.3) is 0 Å². The van der Waals surface area contributed by atoms with E-state index in [4.69, 9.17) is 9.47 Å². The van der Waals surface area contributed by atoms with Crippen molar-refractivity contribution >= 4 is 22.4 Å². The molecule has 2 aromatic carbocycles. The smallest absolute Gasteiger partial charge is 0.231 e. The number of nitrogens with zero attached hydrogens (tertiary/aromatic N) is 1. The number of aromatic nitrogens is 1. The van der Waals surface area contributed by atoms with Crippen molar-refractivity contribution < 1.29 is 18.7 Å². The molecule has 0 saturated heterocycles. The highest BCUT2D eigenvalue weighted by Gasteiger charge is 2.15. The molecule has 27 heavy (non-hydrogen) atoms. The van der Waals surface area contributed by atoms with Gasteiger partial charge in [0.1, 0.15) is 5.82 Å². The zero-order chi connectivity index (χ0) is 18.8. The maximum Gasteiger partial charge on any atom is 0.231 e. The Morgan fingerprint density at radius 1 is 1.19 bits per heavy atom. The van der Waals surface area contributed by atoms with Gasteiger partial charge in [-0.2, -0.15) is 0 Å². The first kappa shape index (κ1) is 17.5. The summed E-state index contributed by atoms with van der Waals surface area (Å²) in [6, 6.07) is 11.9. The fourth-order valence-corrected chi connectivity index (χ4v) is 3.71. The van der Waals surface area contributed by atoms with Crippen LogP contribution >= 0.6 is 11.3 Å². The maximum atomic E-state index is 13.1. The van der Waals surface area contributed by atoms with Crippen LogP contribution in [-0.2, 0) is 11.2 Å². The molecule has 0 bridgehead atoms. The number of carbonyl (C=O) groups excluding carboxylic acids is 1. The summed E-state index contributed by atoms with van der Waals surface area (Å²) in [5, 5.41) is 3.39. The quantitative estimate of drug-likeness (QED) is 0.701. The minimum atomic E-state index is -0.288. The molecule has 138 valence electrons. The third-order valence-electron chi connectivity index (χ3n) is 4.24. The Bertz CT molecular complexity index is 985. The second-order valence-corrected chi connectivity index (χ2v) is 7.37. The van der Waals surface area contributed by atoms with Gasteiger partial charge in [0.05, 0.1) is 5.69 Å². The van der Waals surface area contributed by atoms with Crippen LogP contribution < -0.4 is 14.8 Å². The van der Waals surface area contributed by atoms with Crippen molar-refractivity contribution in [2.24, 2.45) is 0 Å². The summed E-state index contributed by atoms with van der Waals surface area (Å²) in [7, 11) is 0. The van der Waals surface area contributed by atoms with E-state index in [0.29, 0.717) is 23.7 Å². The minimum Gasteiger partial charge on any atom is -0.454 e. The van der Waals surface area contributed by atoms with E-state index in [-0.39, 0.29) is 18.5 Å². The number of carbonyl (C=O) groups is 1. The highest BCUT2D eigenvalue weighted by molar-refractivity contribution is 7.16. The molecule has 2 heterocycles. The molecular weight excluding hydrogens is 367 g/mol. The van der Waals surface area contributed by atoms with Crippen LogP contribution in [0.15, 0.2) is 42.5 Å². The number of amides is 1. The van der Waals surface area contributed by atoms with E-state index >= 15 is 0 Å². The van der Waals surface area contributed by atoms with Crippen molar-refractivity contribution in [3.8, 4) is 22.8 Å². The summed E-state index contributed by atoms with van der Waals surface area (Å²) < 4.78 is 23.7. The second-order valence-electron chi connectivity index (χ2n) is 6.17. The molecule has 0 radical (unpaired) electrons. The lowest BCUT2D eigenvalue weighted by Gasteiger charge is -2.04. The van der Waals surface area contributed by atoms with Gasteiger partial charge in [-0.3, -0.25) is 4.79 Å². The molecule has 0 saturated carbocycles. The van der Waals surface area contributed by atoms with E-state index in [2.05, 4.69) is 10.3 Å². The Morgan fingerprint density at radius 3 is 2.78 bits per heavy atom. The standard InChI is InChI=1S/C20H17FN2O3S/c1-12-19(14-4-6-15(21)7-5-14)23-20(27-12)22-18(24)9-3-13-2-8-16-17(10-13)26-11-25-16/h2,4-8,10H,3,9,11H2,1H3,(H,22,23,24). The lowest BCUT2D eigenvalue weighted by molar-refractivity contribution is -0.116. The highest BCUT2D eigenvalue weighted by Crippen LogP contribution is 2.33. The van der Waals surface area contributed by atoms with Crippen molar-refractivity contribution in [1.82, 2.24) is 4.98 Å². The Hall–Kier alpha value is -2.93. The zero-order valence-electron chi connectivity index (χ0n) is 14.6. The number of thiazole rings is 1. The van der Waals surface area contributed by atoms with Crippen LogP contribution in [0, 0.1) is 12.7 Å². The van der Waals surface area contributed by atoms with E-state index in [1.807, 2.05) is 25.1 Å². The first-order valence-corrected chi connectivity index (χ1v) is 9.32. The molecule has 0 fully saturated rings. The van der Waals surface area contributed by atoms with Crippen LogP contribution in [0.3, 0.4) is 0 Å². The number of hydrogen-bond donors (Lipinski definition) is 1. The fraction of sp³-hybridized carbons (Fsp3) is 0.200. The van der Waals surface area contributed by atoms with Crippen LogP contribution in [-0.4, -0.2) is 17.7 Å². The van der Waals surface area contributed by atoms with Gasteiger partial charge < -0.3 is 14.8 Å². The average molecular weight is 384 g/mol.